The lowest BCUT2D eigenvalue weighted by atomic mass is 10.1. The van der Waals surface area contributed by atoms with Crippen molar-refractivity contribution >= 4 is 45.7 Å². The second-order valence-electron chi connectivity index (χ2n) is 5.96. The number of thiophene rings is 1. The summed E-state index contributed by atoms with van der Waals surface area (Å²) < 4.78 is 11.0. The highest BCUT2D eigenvalue weighted by molar-refractivity contribution is 7.18. The van der Waals surface area contributed by atoms with E-state index >= 15 is 0 Å². The Labute approximate surface area is 164 Å². The summed E-state index contributed by atoms with van der Waals surface area (Å²) in [5.74, 6) is -0.653. The highest BCUT2D eigenvalue weighted by atomic mass is 35.5. The van der Waals surface area contributed by atoms with Crippen molar-refractivity contribution < 1.29 is 18.7 Å². The minimum absolute atomic E-state index is 0.0340. The summed E-state index contributed by atoms with van der Waals surface area (Å²) in [5, 5.41) is 0.726. The number of halogens is 1. The molecule has 5 nitrogen and oxygen atoms in total. The first-order valence-corrected chi connectivity index (χ1v) is 9.65. The number of carbonyl (C=O) groups excluding carboxylic acids is 2. The van der Waals surface area contributed by atoms with Crippen LogP contribution in [0.2, 0.25) is 4.34 Å². The predicted octanol–water partition coefficient (Wildman–Crippen LogP) is 4.78. The lowest BCUT2D eigenvalue weighted by molar-refractivity contribution is -0.144. The normalized spacial score (nSPS) is 10.9. The van der Waals surface area contributed by atoms with Crippen LogP contribution in [0.1, 0.15) is 40.6 Å². The number of rotatable bonds is 7. The van der Waals surface area contributed by atoms with E-state index in [1.807, 2.05) is 25.1 Å². The molecule has 2 heterocycles. The Kier molecular flexibility index (Phi) is 6.08. The van der Waals surface area contributed by atoms with Crippen LogP contribution in [0.15, 0.2) is 45.6 Å². The molecule has 0 saturated heterocycles. The molecule has 0 aliphatic heterocycles. The molecule has 0 radical (unpaired) electrons. The van der Waals surface area contributed by atoms with Crippen LogP contribution < -0.4 is 5.63 Å². The van der Waals surface area contributed by atoms with E-state index in [-0.39, 0.29) is 25.2 Å². The molecule has 2 aromatic heterocycles. The Morgan fingerprint density at radius 3 is 2.67 bits per heavy atom. The molecule has 0 amide bonds. The van der Waals surface area contributed by atoms with Gasteiger partial charge in [0, 0.05) is 23.4 Å². The van der Waals surface area contributed by atoms with Crippen molar-refractivity contribution in [1.82, 2.24) is 0 Å². The standard InChI is InChI=1S/C20H17ClO5S/c1-2-12-3-4-14-13(10-20(24)26-16(14)9-12)11-25-19(23)8-5-15(22)17-6-7-18(21)27-17/h3-4,6-7,9-10H,2,5,8,11H2,1H3. The van der Waals surface area contributed by atoms with E-state index < -0.39 is 11.6 Å². The summed E-state index contributed by atoms with van der Waals surface area (Å²) in [4.78, 5) is 36.3. The van der Waals surface area contributed by atoms with Crippen LogP contribution in [-0.4, -0.2) is 11.8 Å². The molecule has 0 fully saturated rings. The van der Waals surface area contributed by atoms with Crippen LogP contribution >= 0.6 is 22.9 Å². The van der Waals surface area contributed by atoms with E-state index in [0.29, 0.717) is 20.4 Å². The molecule has 0 spiro atoms. The van der Waals surface area contributed by atoms with Crippen LogP contribution in [0.3, 0.4) is 0 Å². The van der Waals surface area contributed by atoms with Crippen molar-refractivity contribution in [1.29, 1.82) is 0 Å². The van der Waals surface area contributed by atoms with E-state index in [1.165, 1.54) is 17.4 Å². The number of carbonyl (C=O) groups is 2. The van der Waals surface area contributed by atoms with Crippen molar-refractivity contribution in [3.8, 4) is 0 Å². The Hall–Kier alpha value is -2.44. The third-order valence-electron chi connectivity index (χ3n) is 4.10. The van der Waals surface area contributed by atoms with Gasteiger partial charge in [0.25, 0.3) is 0 Å². The van der Waals surface area contributed by atoms with Gasteiger partial charge in [-0.1, -0.05) is 30.7 Å². The molecule has 27 heavy (non-hydrogen) atoms. The molecule has 0 bridgehead atoms. The largest absolute Gasteiger partial charge is 0.461 e. The van der Waals surface area contributed by atoms with Crippen molar-refractivity contribution in [2.45, 2.75) is 32.8 Å². The molecule has 7 heteroatoms. The first-order chi connectivity index (χ1) is 13.0. The molecule has 3 rings (SSSR count). The number of ether oxygens (including phenoxy) is 1. The van der Waals surface area contributed by atoms with Crippen molar-refractivity contribution in [2.24, 2.45) is 0 Å². The van der Waals surface area contributed by atoms with Crippen molar-refractivity contribution in [3.05, 3.63) is 67.2 Å². The molecular weight excluding hydrogens is 388 g/mol. The average molecular weight is 405 g/mol. The Bertz CT molecular complexity index is 1050. The maximum atomic E-state index is 12.0. The van der Waals surface area contributed by atoms with Gasteiger partial charge in [0.05, 0.1) is 15.6 Å². The molecule has 0 atom stereocenters. The molecule has 3 aromatic rings. The van der Waals surface area contributed by atoms with E-state index in [9.17, 15) is 14.4 Å². The minimum Gasteiger partial charge on any atom is -0.461 e. The molecule has 140 valence electrons. The third-order valence-corrected chi connectivity index (χ3v) is 5.37. The van der Waals surface area contributed by atoms with Crippen LogP contribution in [0.5, 0.6) is 0 Å². The summed E-state index contributed by atoms with van der Waals surface area (Å²) in [5.41, 5.74) is 1.60. The summed E-state index contributed by atoms with van der Waals surface area (Å²) in [6.45, 7) is 1.96. The van der Waals surface area contributed by atoms with E-state index in [1.54, 1.807) is 12.1 Å². The number of ketones is 1. The maximum absolute atomic E-state index is 12.0. The first-order valence-electron chi connectivity index (χ1n) is 8.46. The maximum Gasteiger partial charge on any atom is 0.336 e. The van der Waals surface area contributed by atoms with E-state index in [2.05, 4.69) is 0 Å². The highest BCUT2D eigenvalue weighted by Gasteiger charge is 2.13. The smallest absolute Gasteiger partial charge is 0.336 e. The summed E-state index contributed by atoms with van der Waals surface area (Å²) in [7, 11) is 0. The van der Waals surface area contributed by atoms with Gasteiger partial charge < -0.3 is 9.15 Å². The third kappa shape index (κ3) is 4.84. The van der Waals surface area contributed by atoms with Gasteiger partial charge in [-0.15, -0.1) is 11.3 Å². The lowest BCUT2D eigenvalue weighted by Gasteiger charge is -2.08. The van der Waals surface area contributed by atoms with E-state index in [4.69, 9.17) is 20.8 Å². The number of hydrogen-bond acceptors (Lipinski definition) is 6. The average Bonchev–Trinajstić information content (AvgIpc) is 3.09. The van der Waals surface area contributed by atoms with Crippen molar-refractivity contribution in [2.75, 3.05) is 0 Å². The molecule has 0 saturated carbocycles. The lowest BCUT2D eigenvalue weighted by Crippen LogP contribution is -2.09. The van der Waals surface area contributed by atoms with Gasteiger partial charge in [0.15, 0.2) is 5.78 Å². The molecule has 0 N–H and O–H groups in total. The van der Waals surface area contributed by atoms with E-state index in [0.717, 1.165) is 17.4 Å². The highest BCUT2D eigenvalue weighted by Crippen LogP contribution is 2.23. The van der Waals surface area contributed by atoms with Crippen LogP contribution in [-0.2, 0) is 22.6 Å². The number of fused-ring (bicyclic) bond motifs is 1. The molecule has 0 aliphatic carbocycles. The fraction of sp³-hybridized carbons (Fsp3) is 0.250. The number of aryl methyl sites for hydroxylation is 1. The topological polar surface area (TPSA) is 73.6 Å². The number of Topliss-reactive ketones (excluding diaryl/α,β-unsaturated/α-hetero) is 1. The molecular formula is C20H17ClO5S. The number of esters is 1. The Balaban J connectivity index is 1.63. The second kappa shape index (κ2) is 8.50. The fourth-order valence-electron chi connectivity index (χ4n) is 2.65. The number of hydrogen-bond donors (Lipinski definition) is 0. The summed E-state index contributed by atoms with van der Waals surface area (Å²) in [6, 6.07) is 10.2. The zero-order chi connectivity index (χ0) is 19.4. The van der Waals surface area contributed by atoms with Crippen LogP contribution in [0, 0.1) is 0 Å². The second-order valence-corrected chi connectivity index (χ2v) is 7.68. The van der Waals surface area contributed by atoms with Gasteiger partial charge >= 0.3 is 11.6 Å². The van der Waals surface area contributed by atoms with Gasteiger partial charge in [-0.05, 0) is 30.2 Å². The predicted molar refractivity (Wildman–Crippen MR) is 105 cm³/mol. The fourth-order valence-corrected chi connectivity index (χ4v) is 3.66. The van der Waals surface area contributed by atoms with Gasteiger partial charge in [-0.25, -0.2) is 4.79 Å². The minimum atomic E-state index is -0.502. The van der Waals surface area contributed by atoms with Gasteiger partial charge in [-0.2, -0.15) is 0 Å². The molecule has 0 unspecified atom stereocenters. The molecule has 1 aromatic carbocycles. The zero-order valence-corrected chi connectivity index (χ0v) is 16.2. The SMILES string of the molecule is CCc1ccc2c(COC(=O)CCC(=O)c3ccc(Cl)s3)cc(=O)oc2c1. The Morgan fingerprint density at radius 1 is 1.15 bits per heavy atom. The van der Waals surface area contributed by atoms with Crippen molar-refractivity contribution in [3.63, 3.8) is 0 Å². The van der Waals surface area contributed by atoms with Gasteiger partial charge in [0.1, 0.15) is 12.2 Å². The first kappa shape index (κ1) is 19.3. The van der Waals surface area contributed by atoms with Gasteiger partial charge in [-0.3, -0.25) is 9.59 Å². The van der Waals surface area contributed by atoms with Crippen LogP contribution in [0.25, 0.3) is 11.0 Å². The quantitative estimate of drug-likeness (QED) is 0.322. The monoisotopic (exact) mass is 404 g/mol. The summed E-state index contributed by atoms with van der Waals surface area (Å²) >= 11 is 6.99. The van der Waals surface area contributed by atoms with Crippen LogP contribution in [0.4, 0.5) is 0 Å². The summed E-state index contributed by atoms with van der Waals surface area (Å²) in [6.07, 6.45) is 0.837. The van der Waals surface area contributed by atoms with Gasteiger partial charge in [0.2, 0.25) is 0 Å². The molecule has 0 aliphatic rings. The zero-order valence-electron chi connectivity index (χ0n) is 14.6. The Morgan fingerprint density at radius 2 is 1.96 bits per heavy atom. The number of benzene rings is 1.